The van der Waals surface area contributed by atoms with Crippen LogP contribution in [0.4, 0.5) is 0 Å². The number of nitrogens with one attached hydrogen (secondary N) is 1. The molecule has 206 valence electrons. The molecule has 0 aromatic rings. The zero-order valence-corrected chi connectivity index (χ0v) is 23.8. The fourth-order valence-corrected chi connectivity index (χ4v) is 8.91. The van der Waals surface area contributed by atoms with E-state index in [1.807, 2.05) is 13.8 Å². The molecule has 0 heterocycles. The van der Waals surface area contributed by atoms with Crippen molar-refractivity contribution in [2.24, 2.45) is 39.9 Å². The summed E-state index contributed by atoms with van der Waals surface area (Å²) < 4.78 is 0. The molecule has 0 bridgehead atoms. The van der Waals surface area contributed by atoms with Gasteiger partial charge in [-0.25, -0.2) is 0 Å². The van der Waals surface area contributed by atoms with Gasteiger partial charge in [-0.2, -0.15) is 0 Å². The van der Waals surface area contributed by atoms with Crippen molar-refractivity contribution in [1.82, 2.24) is 5.32 Å². The quantitative estimate of drug-likeness (QED) is 0.335. The molecule has 5 nitrogen and oxygen atoms in total. The summed E-state index contributed by atoms with van der Waals surface area (Å²) in [6.07, 6.45) is 12.7. The van der Waals surface area contributed by atoms with Gasteiger partial charge < -0.3 is 20.6 Å². The smallest absolute Gasteiger partial charge is 0.230 e. The molecule has 0 spiro atoms. The molecule has 0 aromatic heterocycles. The zero-order valence-electron chi connectivity index (χ0n) is 23.8. The third-order valence-electron chi connectivity index (χ3n) is 11.5. The number of carbonyl (C=O) groups excluding carboxylic acids is 1. The summed E-state index contributed by atoms with van der Waals surface area (Å²) in [6.45, 7) is 12.4. The van der Waals surface area contributed by atoms with E-state index in [2.05, 4.69) is 26.1 Å². The molecule has 3 fully saturated rings. The lowest BCUT2D eigenvalue weighted by Gasteiger charge is -2.57. The van der Waals surface area contributed by atoms with E-state index in [-0.39, 0.29) is 25.2 Å². The SMILES string of the molecule is C[C@H](CCC(C)(C)O)[C@H]1CCC2=C3CC[C@@H]4C[C@@H](NC(=O)C(C)(CO)CO)CC[C@]4(C)[C@H]3CC[C@@]21C. The highest BCUT2D eigenvalue weighted by molar-refractivity contribution is 5.82. The highest BCUT2D eigenvalue weighted by Crippen LogP contribution is 2.65. The van der Waals surface area contributed by atoms with E-state index in [0.29, 0.717) is 28.6 Å². The van der Waals surface area contributed by atoms with Crippen LogP contribution < -0.4 is 5.32 Å². The Hall–Kier alpha value is -0.910. The molecule has 4 aliphatic carbocycles. The third kappa shape index (κ3) is 4.94. The van der Waals surface area contributed by atoms with E-state index in [0.717, 1.165) is 38.0 Å². The van der Waals surface area contributed by atoms with Crippen molar-refractivity contribution in [1.29, 1.82) is 0 Å². The molecule has 5 heteroatoms. The number of carbonyl (C=O) groups is 1. The summed E-state index contributed by atoms with van der Waals surface area (Å²) in [4.78, 5) is 12.8. The van der Waals surface area contributed by atoms with Crippen molar-refractivity contribution in [2.75, 3.05) is 13.2 Å². The summed E-state index contributed by atoms with van der Waals surface area (Å²) in [5.74, 6) is 2.45. The lowest BCUT2D eigenvalue weighted by molar-refractivity contribution is -0.136. The van der Waals surface area contributed by atoms with Crippen LogP contribution in [0, 0.1) is 39.9 Å². The highest BCUT2D eigenvalue weighted by atomic mass is 16.3. The molecule has 0 aliphatic heterocycles. The van der Waals surface area contributed by atoms with E-state index in [9.17, 15) is 20.1 Å². The second-order valence-electron chi connectivity index (χ2n) is 14.5. The van der Waals surface area contributed by atoms with Crippen LogP contribution in [-0.2, 0) is 4.79 Å². The minimum atomic E-state index is -1.11. The number of aliphatic hydroxyl groups is 3. The maximum absolute atomic E-state index is 12.8. The van der Waals surface area contributed by atoms with E-state index < -0.39 is 11.0 Å². The van der Waals surface area contributed by atoms with Crippen LogP contribution >= 0.6 is 0 Å². The Labute approximate surface area is 219 Å². The van der Waals surface area contributed by atoms with Crippen molar-refractivity contribution < 1.29 is 20.1 Å². The molecule has 4 rings (SSSR count). The molecule has 0 radical (unpaired) electrons. The second-order valence-corrected chi connectivity index (χ2v) is 14.5. The van der Waals surface area contributed by atoms with Crippen molar-refractivity contribution >= 4 is 5.91 Å². The van der Waals surface area contributed by atoms with Crippen LogP contribution in [0.25, 0.3) is 0 Å². The maximum Gasteiger partial charge on any atom is 0.230 e. The molecule has 3 saturated carbocycles. The van der Waals surface area contributed by atoms with Crippen molar-refractivity contribution in [3.8, 4) is 0 Å². The van der Waals surface area contributed by atoms with Crippen LogP contribution in [0.15, 0.2) is 11.1 Å². The first-order valence-electron chi connectivity index (χ1n) is 14.7. The number of hydrogen-bond acceptors (Lipinski definition) is 4. The molecule has 0 unspecified atom stereocenters. The lowest BCUT2D eigenvalue weighted by Crippen LogP contribution is -2.53. The predicted molar refractivity (Wildman–Crippen MR) is 144 cm³/mol. The summed E-state index contributed by atoms with van der Waals surface area (Å²) in [6, 6.07) is 0.142. The molecule has 4 aliphatic rings. The molecule has 4 N–H and O–H groups in total. The number of aliphatic hydroxyl groups excluding tert-OH is 2. The Kier molecular flexibility index (Phi) is 7.81. The second kappa shape index (κ2) is 10.0. The zero-order chi connectivity index (χ0) is 26.5. The lowest BCUT2D eigenvalue weighted by atomic mass is 9.48. The molecular formula is C31H53NO4. The average molecular weight is 504 g/mol. The van der Waals surface area contributed by atoms with Gasteiger partial charge in [0.1, 0.15) is 0 Å². The minimum absolute atomic E-state index is 0.142. The average Bonchev–Trinajstić information content (AvgIpc) is 3.19. The maximum atomic E-state index is 12.8. The van der Waals surface area contributed by atoms with Gasteiger partial charge in [0.15, 0.2) is 0 Å². The van der Waals surface area contributed by atoms with Gasteiger partial charge in [0.25, 0.3) is 0 Å². The summed E-state index contributed by atoms with van der Waals surface area (Å²) >= 11 is 0. The van der Waals surface area contributed by atoms with Crippen molar-refractivity contribution in [3.63, 3.8) is 0 Å². The Balaban J connectivity index is 1.47. The van der Waals surface area contributed by atoms with Gasteiger partial charge in [0, 0.05) is 6.04 Å². The first-order chi connectivity index (χ1) is 16.8. The van der Waals surface area contributed by atoms with Gasteiger partial charge in [0.2, 0.25) is 5.91 Å². The minimum Gasteiger partial charge on any atom is -0.395 e. The van der Waals surface area contributed by atoms with Gasteiger partial charge in [-0.3, -0.25) is 4.79 Å². The monoisotopic (exact) mass is 503 g/mol. The van der Waals surface area contributed by atoms with Crippen LogP contribution in [0.3, 0.4) is 0 Å². The number of hydrogen-bond donors (Lipinski definition) is 4. The number of rotatable bonds is 8. The first-order valence-corrected chi connectivity index (χ1v) is 14.7. The standard InChI is InChI=1S/C31H53NO4/c1-20(11-14-28(2,3)36)24-9-10-25-23-8-7-21-17-22(32-27(35)29(4,18-33)19-34)12-15-30(21,5)26(23)13-16-31(24,25)6/h20-22,24,26,33-34,36H,7-19H2,1-6H3,(H,32,35)/t20-,21-,22+,24-,26+,30+,31-/m1/s1. The number of allylic oxidation sites excluding steroid dienone is 2. The highest BCUT2D eigenvalue weighted by Gasteiger charge is 2.56. The predicted octanol–water partition coefficient (Wildman–Crippen LogP) is 5.37. The van der Waals surface area contributed by atoms with Crippen LogP contribution in [0.5, 0.6) is 0 Å². The molecule has 7 atom stereocenters. The summed E-state index contributed by atoms with van der Waals surface area (Å²) in [5, 5.41) is 32.7. The van der Waals surface area contributed by atoms with E-state index in [1.54, 1.807) is 18.1 Å². The molecule has 0 saturated heterocycles. The summed E-state index contributed by atoms with van der Waals surface area (Å²) in [5.41, 5.74) is 2.56. The van der Waals surface area contributed by atoms with Crippen molar-refractivity contribution in [2.45, 2.75) is 124 Å². The van der Waals surface area contributed by atoms with Crippen LogP contribution in [0.1, 0.15) is 112 Å². The van der Waals surface area contributed by atoms with Crippen LogP contribution in [0.2, 0.25) is 0 Å². The van der Waals surface area contributed by atoms with E-state index in [1.165, 1.54) is 38.5 Å². The Bertz CT molecular complexity index is 855. The molecular weight excluding hydrogens is 450 g/mol. The molecule has 1 amide bonds. The first kappa shape index (κ1) is 28.1. The van der Waals surface area contributed by atoms with Gasteiger partial charge in [-0.05, 0) is 126 Å². The van der Waals surface area contributed by atoms with Gasteiger partial charge in [0.05, 0.1) is 24.2 Å². The number of fused-ring (bicyclic) bond motifs is 4. The van der Waals surface area contributed by atoms with Gasteiger partial charge in [-0.1, -0.05) is 31.9 Å². The Morgan fingerprint density at radius 2 is 1.75 bits per heavy atom. The topological polar surface area (TPSA) is 89.8 Å². The normalized spacial score (nSPS) is 37.7. The largest absolute Gasteiger partial charge is 0.395 e. The summed E-state index contributed by atoms with van der Waals surface area (Å²) in [7, 11) is 0. The molecule has 0 aromatic carbocycles. The van der Waals surface area contributed by atoms with E-state index in [4.69, 9.17) is 0 Å². The van der Waals surface area contributed by atoms with Crippen LogP contribution in [-0.4, -0.2) is 46.1 Å². The van der Waals surface area contributed by atoms with Gasteiger partial charge in [-0.15, -0.1) is 0 Å². The Morgan fingerprint density at radius 3 is 2.39 bits per heavy atom. The Morgan fingerprint density at radius 1 is 1.06 bits per heavy atom. The third-order valence-corrected chi connectivity index (χ3v) is 11.5. The molecule has 36 heavy (non-hydrogen) atoms. The fraction of sp³-hybridized carbons (Fsp3) is 0.903. The van der Waals surface area contributed by atoms with E-state index >= 15 is 0 Å². The van der Waals surface area contributed by atoms with Gasteiger partial charge >= 0.3 is 0 Å². The fourth-order valence-electron chi connectivity index (χ4n) is 8.91. The van der Waals surface area contributed by atoms with Crippen molar-refractivity contribution in [3.05, 3.63) is 11.1 Å². The number of amides is 1.